The van der Waals surface area contributed by atoms with Gasteiger partial charge in [0.15, 0.2) is 0 Å². The fraction of sp³-hybridized carbons (Fsp3) is 0.400. The number of hydrogen-bond acceptors (Lipinski definition) is 4. The Balaban J connectivity index is 0.00000176. The summed E-state index contributed by atoms with van der Waals surface area (Å²) in [6.45, 7) is 4.29. The van der Waals surface area contributed by atoms with Gasteiger partial charge in [-0.2, -0.15) is 10.1 Å². The second-order valence-corrected chi connectivity index (χ2v) is 13.2. The van der Waals surface area contributed by atoms with Crippen molar-refractivity contribution in [1.82, 2.24) is 0 Å². The average Bonchev–Trinajstić information content (AvgIpc) is 2.67. The minimum absolute atomic E-state index is 0.883. The first kappa shape index (κ1) is 25.4. The van der Waals surface area contributed by atoms with Crippen molar-refractivity contribution in [2.75, 3.05) is 0 Å². The van der Waals surface area contributed by atoms with E-state index in [1.54, 1.807) is 0 Å². The third-order valence-electron chi connectivity index (χ3n) is 4.18. The van der Waals surface area contributed by atoms with Crippen LogP contribution in [-0.4, -0.2) is 0 Å². The van der Waals surface area contributed by atoms with Crippen LogP contribution in [0.15, 0.2) is 58.3 Å². The zero-order valence-corrected chi connectivity index (χ0v) is 21.1. The molecule has 27 heavy (non-hydrogen) atoms. The van der Waals surface area contributed by atoms with E-state index in [0.29, 0.717) is 0 Å². The van der Waals surface area contributed by atoms with Gasteiger partial charge in [0, 0.05) is 9.79 Å². The number of hydrogen-bond donors (Lipinski definition) is 0. The van der Waals surface area contributed by atoms with Crippen molar-refractivity contribution in [2.24, 2.45) is 0 Å². The molecule has 0 fully saturated rings. The molecule has 0 spiro atoms. The molecule has 0 aromatic heterocycles. The van der Waals surface area contributed by atoms with Crippen LogP contribution in [0.5, 0.6) is 0 Å². The van der Waals surface area contributed by atoms with E-state index in [2.05, 4.69) is 23.7 Å². The van der Waals surface area contributed by atoms with Crippen LogP contribution in [0.1, 0.15) is 50.7 Å². The molecule has 0 bridgehead atoms. The molecule has 0 saturated heterocycles. The van der Waals surface area contributed by atoms with Crippen LogP contribution in [0.3, 0.4) is 0 Å². The van der Waals surface area contributed by atoms with Crippen LogP contribution in [0.2, 0.25) is 0 Å². The molecule has 0 unspecified atom stereocenters. The molecule has 0 N–H and O–H groups in total. The summed E-state index contributed by atoms with van der Waals surface area (Å²) >= 11 is 6.56. The number of aryl methyl sites for hydroxylation is 2. The van der Waals surface area contributed by atoms with Crippen molar-refractivity contribution in [3.05, 3.63) is 59.7 Å². The fourth-order valence-corrected chi connectivity index (χ4v) is 8.82. The summed E-state index contributed by atoms with van der Waals surface area (Å²) in [7, 11) is 3.01. The molecule has 2 aromatic carbocycles. The quantitative estimate of drug-likeness (QED) is 0.279. The Bertz CT molecular complexity index is 716. The Hall–Kier alpha value is 0.398. The molecular formula is C20H26MoO2PS3. The van der Waals surface area contributed by atoms with Crippen molar-refractivity contribution in [2.45, 2.75) is 62.2 Å². The van der Waals surface area contributed by atoms with Gasteiger partial charge in [-0.1, -0.05) is 63.1 Å². The Kier molecular flexibility index (Phi) is 12.8. The van der Waals surface area contributed by atoms with Crippen molar-refractivity contribution in [1.29, 1.82) is 0 Å². The van der Waals surface area contributed by atoms with E-state index in [0.717, 1.165) is 59.4 Å². The van der Waals surface area contributed by atoms with E-state index >= 15 is 0 Å². The summed E-state index contributed by atoms with van der Waals surface area (Å²) in [4.78, 5) is 27.0. The topological polar surface area (TPSA) is 46.1 Å². The maximum absolute atomic E-state index is 12.6. The zero-order valence-electron chi connectivity index (χ0n) is 15.8. The summed E-state index contributed by atoms with van der Waals surface area (Å²) in [6.07, 6.45) is 6.04. The summed E-state index contributed by atoms with van der Waals surface area (Å²) in [5.74, 6) is 0. The second-order valence-electron chi connectivity index (χ2n) is 6.15. The first-order chi connectivity index (χ1) is 13.0. The van der Waals surface area contributed by atoms with E-state index in [1.165, 1.54) is 18.0 Å². The van der Waals surface area contributed by atoms with Gasteiger partial charge in [-0.15, -0.1) is 0 Å². The predicted molar refractivity (Wildman–Crippen MR) is 116 cm³/mol. The summed E-state index contributed by atoms with van der Waals surface area (Å²) < 4.78 is 0. The van der Waals surface area contributed by atoms with Gasteiger partial charge in [0.1, 0.15) is 0 Å². The fourth-order valence-electron chi connectivity index (χ4n) is 2.89. The molecule has 0 aliphatic carbocycles. The van der Waals surface area contributed by atoms with Gasteiger partial charge in [-0.05, 0) is 48.9 Å². The van der Waals surface area contributed by atoms with E-state index in [-0.39, 0.29) is 0 Å². The standard InChI is InChI=1S/C20H26O2PS2.Mo.S/c1-3-5-11-17-13-7-9-15-19(17)25(23(21,22)24)20-16-10-8-14-18(20)12-6-4-2;;/h7-10,13-16H,3-6,11-12H2,1-2H3;;/q-3;+3;. The minimum atomic E-state index is -3.98. The SMILES string of the molecule is CCCCc1ccccc1S(c1ccccc1CCCC)=P([O-])([O-])[S-].[S]=[Mo+3]. The number of benzene rings is 2. The Morgan fingerprint density at radius 3 is 1.56 bits per heavy atom. The van der Waals surface area contributed by atoms with E-state index in [4.69, 9.17) is 12.2 Å². The van der Waals surface area contributed by atoms with Crippen molar-refractivity contribution in [3.63, 3.8) is 0 Å². The molecule has 0 atom stereocenters. The molecule has 0 radical (unpaired) electrons. The van der Waals surface area contributed by atoms with Crippen LogP contribution in [0.25, 0.3) is 0 Å². The molecule has 2 nitrogen and oxygen atoms in total. The van der Waals surface area contributed by atoms with Crippen molar-refractivity contribution in [3.8, 4) is 0 Å². The van der Waals surface area contributed by atoms with Gasteiger partial charge in [0.2, 0.25) is 0 Å². The molecule has 0 amide bonds. The van der Waals surface area contributed by atoms with Gasteiger partial charge in [-0.25, -0.2) is 0 Å². The Morgan fingerprint density at radius 1 is 0.852 bits per heavy atom. The van der Waals surface area contributed by atoms with Crippen LogP contribution in [-0.2, 0) is 53.2 Å². The van der Waals surface area contributed by atoms with Crippen LogP contribution in [0.4, 0.5) is 0 Å². The van der Waals surface area contributed by atoms with Crippen LogP contribution >= 0.6 is 15.5 Å². The maximum atomic E-state index is 12.6. The Morgan fingerprint density at radius 2 is 1.22 bits per heavy atom. The number of unbranched alkanes of at least 4 members (excludes halogenated alkanes) is 2. The van der Waals surface area contributed by atoms with E-state index < -0.39 is 15.8 Å². The van der Waals surface area contributed by atoms with Crippen molar-refractivity contribution < 1.29 is 27.8 Å². The van der Waals surface area contributed by atoms with Gasteiger partial charge >= 0.3 is 27.8 Å². The van der Waals surface area contributed by atoms with Gasteiger partial charge < -0.3 is 27.7 Å². The Labute approximate surface area is 186 Å². The second kappa shape index (κ2) is 13.6. The van der Waals surface area contributed by atoms with Crippen LogP contribution in [0, 0.1) is 0 Å². The number of rotatable bonds is 8. The molecule has 2 rings (SSSR count). The summed E-state index contributed by atoms with van der Waals surface area (Å²) in [5, 5.41) is 0. The first-order valence-corrected chi connectivity index (χ1v) is 16.3. The molecule has 7 heteroatoms. The molecular weight excluding hydrogens is 495 g/mol. The molecule has 0 aliphatic rings. The van der Waals surface area contributed by atoms with Crippen molar-refractivity contribution >= 4 is 37.8 Å². The zero-order chi connectivity index (χ0) is 20.3. The molecule has 0 aliphatic heterocycles. The first-order valence-electron chi connectivity index (χ1n) is 9.08. The third kappa shape index (κ3) is 7.97. The van der Waals surface area contributed by atoms with Gasteiger partial charge in [0.05, 0.1) is 0 Å². The van der Waals surface area contributed by atoms with E-state index in [1.807, 2.05) is 48.5 Å². The average molecular weight is 522 g/mol. The summed E-state index contributed by atoms with van der Waals surface area (Å²) in [6, 6.07) is 15.8. The van der Waals surface area contributed by atoms with Gasteiger partial charge in [0.25, 0.3) is 0 Å². The predicted octanol–water partition coefficient (Wildman–Crippen LogP) is 5.00. The normalized spacial score (nSPS) is 11.3. The molecule has 2 aromatic rings. The third-order valence-corrected chi connectivity index (χ3v) is 10.1. The molecule has 0 heterocycles. The van der Waals surface area contributed by atoms with E-state index in [9.17, 15) is 9.79 Å². The summed E-state index contributed by atoms with van der Waals surface area (Å²) in [5.41, 5.74) is -1.76. The van der Waals surface area contributed by atoms with Crippen LogP contribution < -0.4 is 9.79 Å². The molecule has 0 saturated carbocycles. The monoisotopic (exact) mass is 523 g/mol. The molecule has 147 valence electrons. The van der Waals surface area contributed by atoms with Gasteiger partial charge in [-0.3, -0.25) is 0 Å².